The van der Waals surface area contributed by atoms with Gasteiger partial charge in [-0.05, 0) is 0 Å². The molecule has 26 nitrogen and oxygen atoms in total. The molecule has 3 rings (SSSR count). The van der Waals surface area contributed by atoms with E-state index in [1.165, 1.54) is 0 Å². The minimum Gasteiger partial charge on any atom is -0.463 e. The Labute approximate surface area is 366 Å². The summed E-state index contributed by atoms with van der Waals surface area (Å²) in [6.07, 6.45) is -20.2. The topological polar surface area (TPSA) is 338 Å². The van der Waals surface area contributed by atoms with E-state index in [2.05, 4.69) is 16.0 Å². The van der Waals surface area contributed by atoms with Crippen molar-refractivity contribution in [3.63, 3.8) is 0 Å². The maximum Gasteiger partial charge on any atom is 0.303 e. The highest BCUT2D eigenvalue weighted by molar-refractivity contribution is 5.75. The largest absolute Gasteiger partial charge is 0.463 e. The van der Waals surface area contributed by atoms with Gasteiger partial charge in [-0.1, -0.05) is 0 Å². The van der Waals surface area contributed by atoms with Gasteiger partial charge in [0.2, 0.25) is 17.7 Å². The van der Waals surface area contributed by atoms with Gasteiger partial charge in [0, 0.05) is 69.2 Å². The molecule has 0 bridgehead atoms. The molecule has 0 aromatic heterocycles. The lowest BCUT2D eigenvalue weighted by Gasteiger charge is -2.51. The quantitative estimate of drug-likeness (QED) is 0.0827. The second kappa shape index (κ2) is 23.9. The van der Waals surface area contributed by atoms with Crippen molar-refractivity contribution in [3.05, 3.63) is 0 Å². The van der Waals surface area contributed by atoms with Crippen LogP contribution in [0.1, 0.15) is 69.2 Å². The number of hydrogen-bond donors (Lipinski definition) is 4. The first-order valence-corrected chi connectivity index (χ1v) is 19.7. The predicted molar refractivity (Wildman–Crippen MR) is 203 cm³/mol. The number of aliphatic hydroxyl groups is 1. The van der Waals surface area contributed by atoms with Crippen LogP contribution in [0.15, 0.2) is 0 Å². The van der Waals surface area contributed by atoms with Crippen molar-refractivity contribution >= 4 is 59.5 Å². The molecule has 3 heterocycles. The van der Waals surface area contributed by atoms with E-state index in [1.807, 2.05) is 0 Å². The van der Waals surface area contributed by atoms with E-state index in [4.69, 9.17) is 56.8 Å². The Balaban J connectivity index is 2.28. The SMILES string of the molecule is CC(=O)N[C@@H]1[C@@H](OC(C)=O)[C@H](O[C@@H]2O[C@H](COC(C)=O)[C@@H](O[C@@H]3O[C@H](COC(C)=O)[C@@H](OC(C)=O)[C@H](OC(C)=O)[C@H]3NC(C)=O)[C@H](OC(C)=O)[C@H]2NC(C)=O)[C@@H](COC(C)=O)O[C@@H]1O. The number of ether oxygens (including phenoxy) is 12. The van der Waals surface area contributed by atoms with Crippen LogP contribution in [0.25, 0.3) is 0 Å². The van der Waals surface area contributed by atoms with Crippen molar-refractivity contribution in [3.8, 4) is 0 Å². The molecule has 0 spiro atoms. The van der Waals surface area contributed by atoms with E-state index >= 15 is 0 Å². The molecule has 360 valence electrons. The van der Waals surface area contributed by atoms with Crippen molar-refractivity contribution in [2.24, 2.45) is 0 Å². The van der Waals surface area contributed by atoms with Crippen molar-refractivity contribution < 1.29 is 110 Å². The molecule has 3 amide bonds. The van der Waals surface area contributed by atoms with Crippen LogP contribution in [0.4, 0.5) is 0 Å². The Morgan fingerprint density at radius 3 is 1.00 bits per heavy atom. The fourth-order valence-corrected chi connectivity index (χ4v) is 7.09. The molecule has 3 fully saturated rings. The molecule has 15 atom stereocenters. The third-order valence-corrected chi connectivity index (χ3v) is 9.21. The maximum absolute atomic E-state index is 12.9. The summed E-state index contributed by atoms with van der Waals surface area (Å²) >= 11 is 0. The monoisotopic (exact) mass is 921 g/mol. The number of aliphatic hydroxyl groups excluding tert-OH is 1. The molecule has 3 aliphatic heterocycles. The Bertz CT molecular complexity index is 1740. The van der Waals surface area contributed by atoms with Crippen molar-refractivity contribution in [1.29, 1.82) is 0 Å². The van der Waals surface area contributed by atoms with Crippen LogP contribution < -0.4 is 16.0 Å². The first-order chi connectivity index (χ1) is 29.9. The summed E-state index contributed by atoms with van der Waals surface area (Å²) in [7, 11) is 0. The van der Waals surface area contributed by atoms with E-state index in [0.29, 0.717) is 0 Å². The standard InChI is InChI=1S/C38H55N3O23/c1-14(42)39-27-33(57-21(8)49)31(24(60-36(27)52)11-53-17(4)45)63-38-29(41-16(3)44)35(59-23(10)51)32(26(62-38)13-55-19(6)47)64-37-28(40-15(2)43)34(58-22(9)50)30(56-20(7)48)25(61-37)12-54-18(5)46/h24-38,52H,11-13H2,1-10H3,(H,39,42)(H,40,43)(H,41,44)/t24-,25-,26-,27-,28-,29-,30-,31-,32-,33-,34-,35-,36+,37+,38+/m1/s1. The highest BCUT2D eigenvalue weighted by Crippen LogP contribution is 2.36. The summed E-state index contributed by atoms with van der Waals surface area (Å²) in [5, 5.41) is 18.4. The average Bonchev–Trinajstić information content (AvgIpc) is 3.15. The van der Waals surface area contributed by atoms with Crippen LogP contribution >= 0.6 is 0 Å². The fourth-order valence-electron chi connectivity index (χ4n) is 7.09. The number of nitrogens with one attached hydrogen (secondary N) is 3. The molecule has 3 saturated heterocycles. The van der Waals surface area contributed by atoms with Crippen LogP contribution in [0, 0.1) is 0 Å². The Hall–Kier alpha value is -5.54. The van der Waals surface area contributed by atoms with E-state index in [9.17, 15) is 53.1 Å². The number of hydrogen-bond acceptors (Lipinski definition) is 23. The normalized spacial score (nSPS) is 32.3. The molecule has 0 aliphatic carbocycles. The highest BCUT2D eigenvalue weighted by atomic mass is 16.8. The number of carbonyl (C=O) groups excluding carboxylic acids is 10. The van der Waals surface area contributed by atoms with Gasteiger partial charge >= 0.3 is 41.8 Å². The summed E-state index contributed by atoms with van der Waals surface area (Å²) in [5.41, 5.74) is 0. The van der Waals surface area contributed by atoms with Gasteiger partial charge in [0.25, 0.3) is 0 Å². The Kier molecular flexibility index (Phi) is 19.8. The molecular weight excluding hydrogens is 866 g/mol. The lowest BCUT2D eigenvalue weighted by atomic mass is 9.93. The molecule has 3 aliphatic rings. The third kappa shape index (κ3) is 15.6. The zero-order valence-electron chi connectivity index (χ0n) is 36.7. The first-order valence-electron chi connectivity index (χ1n) is 19.7. The smallest absolute Gasteiger partial charge is 0.303 e. The maximum atomic E-state index is 12.9. The zero-order valence-corrected chi connectivity index (χ0v) is 36.7. The molecule has 26 heteroatoms. The van der Waals surface area contributed by atoms with Crippen LogP contribution in [0.3, 0.4) is 0 Å². The van der Waals surface area contributed by atoms with Gasteiger partial charge in [-0.25, -0.2) is 0 Å². The number of carbonyl (C=O) groups is 10. The van der Waals surface area contributed by atoms with E-state index < -0.39 is 171 Å². The summed E-state index contributed by atoms with van der Waals surface area (Å²) in [6, 6.07) is -4.78. The molecule has 64 heavy (non-hydrogen) atoms. The minimum absolute atomic E-state index is 0.636. The van der Waals surface area contributed by atoms with Crippen LogP contribution in [0.5, 0.6) is 0 Å². The second-order valence-corrected chi connectivity index (χ2v) is 14.7. The minimum atomic E-state index is -1.89. The van der Waals surface area contributed by atoms with Crippen LogP contribution in [-0.4, -0.2) is 176 Å². The molecule has 0 aromatic rings. The lowest BCUT2D eigenvalue weighted by molar-refractivity contribution is -0.352. The highest BCUT2D eigenvalue weighted by Gasteiger charge is 2.58. The van der Waals surface area contributed by atoms with Crippen LogP contribution in [0.2, 0.25) is 0 Å². The summed E-state index contributed by atoms with van der Waals surface area (Å²) in [5.74, 6) is -8.48. The van der Waals surface area contributed by atoms with Crippen molar-refractivity contribution in [1.82, 2.24) is 16.0 Å². The molecule has 0 saturated carbocycles. The lowest BCUT2D eigenvalue weighted by Crippen LogP contribution is -2.72. The van der Waals surface area contributed by atoms with Gasteiger partial charge in [-0.3, -0.25) is 47.9 Å². The van der Waals surface area contributed by atoms with Gasteiger partial charge in [-0.15, -0.1) is 0 Å². The summed E-state index contributed by atoms with van der Waals surface area (Å²) < 4.78 is 68.9. The van der Waals surface area contributed by atoms with E-state index in [0.717, 1.165) is 69.2 Å². The Morgan fingerprint density at radius 1 is 0.391 bits per heavy atom. The van der Waals surface area contributed by atoms with Gasteiger partial charge in [-0.2, -0.15) is 0 Å². The van der Waals surface area contributed by atoms with Gasteiger partial charge in [0.05, 0.1) is 0 Å². The van der Waals surface area contributed by atoms with Crippen molar-refractivity contribution in [2.75, 3.05) is 19.8 Å². The number of rotatable bonds is 17. The molecule has 0 unspecified atom stereocenters. The molecule has 0 radical (unpaired) electrons. The first kappa shape index (κ1) is 52.8. The zero-order chi connectivity index (χ0) is 48.2. The molecule has 0 aromatic carbocycles. The Morgan fingerprint density at radius 2 is 0.672 bits per heavy atom. The van der Waals surface area contributed by atoms with Crippen LogP contribution in [-0.2, 0) is 105 Å². The summed E-state index contributed by atoms with van der Waals surface area (Å²) in [4.78, 5) is 124. The van der Waals surface area contributed by atoms with E-state index in [-0.39, 0.29) is 0 Å². The van der Waals surface area contributed by atoms with Gasteiger partial charge in [0.1, 0.15) is 68.5 Å². The second-order valence-electron chi connectivity index (χ2n) is 14.7. The third-order valence-electron chi connectivity index (χ3n) is 9.21. The van der Waals surface area contributed by atoms with Gasteiger partial charge < -0.3 is 77.9 Å². The predicted octanol–water partition coefficient (Wildman–Crippen LogP) is -3.15. The van der Waals surface area contributed by atoms with Crippen molar-refractivity contribution in [2.45, 2.75) is 161 Å². The summed E-state index contributed by atoms with van der Waals surface area (Å²) in [6.45, 7) is 8.44. The number of esters is 7. The molecular formula is C38H55N3O23. The number of amides is 3. The van der Waals surface area contributed by atoms with E-state index in [1.54, 1.807) is 0 Å². The van der Waals surface area contributed by atoms with Gasteiger partial charge in [0.15, 0.2) is 43.3 Å². The molecule has 4 N–H and O–H groups in total. The fraction of sp³-hybridized carbons (Fsp3) is 0.737. The average molecular weight is 922 g/mol.